The van der Waals surface area contributed by atoms with Crippen molar-refractivity contribution >= 4 is 23.9 Å². The molecule has 0 N–H and O–H groups in total. The van der Waals surface area contributed by atoms with E-state index < -0.39 is 5.92 Å². The van der Waals surface area contributed by atoms with Gasteiger partial charge in [0.2, 0.25) is 0 Å². The summed E-state index contributed by atoms with van der Waals surface area (Å²) in [6.45, 7) is 18.1. The van der Waals surface area contributed by atoms with Crippen LogP contribution in [0.2, 0.25) is 0 Å². The zero-order valence-corrected chi connectivity index (χ0v) is 22.5. The lowest BCUT2D eigenvalue weighted by molar-refractivity contribution is -0.156. The van der Waals surface area contributed by atoms with Crippen molar-refractivity contribution in [3.63, 3.8) is 0 Å². The molecular formula is C25H45NO8. The summed E-state index contributed by atoms with van der Waals surface area (Å²) in [5.74, 6) is -0.983. The number of carbonyl (C=O) groups is 4. The number of carbonyl (C=O) groups excluding carboxylic acids is 4. The molecule has 0 aliphatic heterocycles. The van der Waals surface area contributed by atoms with Crippen LogP contribution in [0.5, 0.6) is 0 Å². The van der Waals surface area contributed by atoms with Gasteiger partial charge in [0.1, 0.15) is 0 Å². The summed E-state index contributed by atoms with van der Waals surface area (Å²) in [4.78, 5) is 44.2. The molecule has 0 spiro atoms. The summed E-state index contributed by atoms with van der Waals surface area (Å²) in [6, 6.07) is 2.16. The normalized spacial score (nSPS) is 11.5. The van der Waals surface area contributed by atoms with E-state index in [1.54, 1.807) is 27.7 Å². The molecule has 0 saturated carbocycles. The molecule has 0 aromatic carbocycles. The highest BCUT2D eigenvalue weighted by molar-refractivity contribution is 5.80. The second-order valence-electron chi connectivity index (χ2n) is 7.88. The Morgan fingerprint density at radius 2 is 1.03 bits per heavy atom. The number of nitriles is 1. The number of hydrogen-bond acceptors (Lipinski definition) is 9. The molecule has 0 aromatic rings. The standard InChI is InChI=1S/C11H20O4.C8H14O4.C6H11N/c1-5-14-10(12)7-9(8(3)4)11(13)15-6-2;1-3-11-7(9)5-6-8(10)12-4-2;1-5(2)6(3)4-7/h8-9H,5-7H2,1-4H3;3-6H2,1-2H3;5-6H,1-3H3. The van der Waals surface area contributed by atoms with Crippen LogP contribution in [-0.4, -0.2) is 50.3 Å². The molecule has 0 aliphatic carbocycles. The molecule has 0 aliphatic rings. The lowest BCUT2D eigenvalue weighted by Crippen LogP contribution is -2.26. The van der Waals surface area contributed by atoms with Crippen LogP contribution in [0, 0.1) is 35.0 Å². The maximum absolute atomic E-state index is 11.5. The van der Waals surface area contributed by atoms with Gasteiger partial charge in [-0.2, -0.15) is 5.26 Å². The number of nitrogens with zero attached hydrogens (tertiary/aromatic N) is 1. The SMILES string of the molecule is CC(C)C(C)C#N.CCOC(=O)CC(C(=O)OCC)C(C)C.CCOC(=O)CCC(=O)OCC. The van der Waals surface area contributed by atoms with E-state index in [-0.39, 0.29) is 55.0 Å². The monoisotopic (exact) mass is 487 g/mol. The van der Waals surface area contributed by atoms with Gasteiger partial charge < -0.3 is 18.9 Å². The Labute approximate surface area is 205 Å². The quantitative estimate of drug-likeness (QED) is 0.289. The van der Waals surface area contributed by atoms with Crippen LogP contribution in [0.1, 0.15) is 81.6 Å². The Balaban J connectivity index is -0.000000452. The summed E-state index contributed by atoms with van der Waals surface area (Å²) in [5, 5.41) is 8.26. The van der Waals surface area contributed by atoms with Crippen LogP contribution in [0.15, 0.2) is 0 Å². The maximum atomic E-state index is 11.5. The Bertz CT molecular complexity index is 593. The second kappa shape index (κ2) is 23.5. The average molecular weight is 488 g/mol. The molecule has 0 saturated heterocycles. The molecular weight excluding hydrogens is 442 g/mol. The highest BCUT2D eigenvalue weighted by atomic mass is 16.5. The van der Waals surface area contributed by atoms with Gasteiger partial charge in [0.05, 0.1) is 57.7 Å². The predicted molar refractivity (Wildman–Crippen MR) is 128 cm³/mol. The van der Waals surface area contributed by atoms with Crippen LogP contribution >= 0.6 is 0 Å². The summed E-state index contributed by atoms with van der Waals surface area (Å²) < 4.78 is 18.9. The summed E-state index contributed by atoms with van der Waals surface area (Å²) in [7, 11) is 0. The van der Waals surface area contributed by atoms with Crippen molar-refractivity contribution in [2.75, 3.05) is 26.4 Å². The topological polar surface area (TPSA) is 129 Å². The lowest BCUT2D eigenvalue weighted by Gasteiger charge is -2.17. The van der Waals surface area contributed by atoms with E-state index in [0.717, 1.165) is 0 Å². The third-order valence-electron chi connectivity index (χ3n) is 4.43. The minimum atomic E-state index is -0.399. The Hall–Kier alpha value is -2.63. The third-order valence-corrected chi connectivity index (χ3v) is 4.43. The molecule has 0 fully saturated rings. The van der Waals surface area contributed by atoms with Crippen molar-refractivity contribution in [1.82, 2.24) is 0 Å². The molecule has 9 nitrogen and oxygen atoms in total. The van der Waals surface area contributed by atoms with Crippen molar-refractivity contribution in [2.45, 2.75) is 81.6 Å². The largest absolute Gasteiger partial charge is 0.466 e. The first kappa shape index (κ1) is 35.9. The van der Waals surface area contributed by atoms with Gasteiger partial charge in [-0.3, -0.25) is 19.2 Å². The van der Waals surface area contributed by atoms with Gasteiger partial charge >= 0.3 is 23.9 Å². The van der Waals surface area contributed by atoms with Gasteiger partial charge in [-0.1, -0.05) is 27.7 Å². The highest BCUT2D eigenvalue weighted by Gasteiger charge is 2.26. The highest BCUT2D eigenvalue weighted by Crippen LogP contribution is 2.17. The van der Waals surface area contributed by atoms with E-state index in [0.29, 0.717) is 32.3 Å². The first-order valence-corrected chi connectivity index (χ1v) is 11.9. The minimum absolute atomic E-state index is 0.0773. The molecule has 0 radical (unpaired) electrons. The first-order chi connectivity index (χ1) is 15.9. The van der Waals surface area contributed by atoms with Crippen LogP contribution in [0.4, 0.5) is 0 Å². The van der Waals surface area contributed by atoms with E-state index >= 15 is 0 Å². The minimum Gasteiger partial charge on any atom is -0.466 e. The number of rotatable bonds is 12. The lowest BCUT2D eigenvalue weighted by atomic mass is 9.93. The second-order valence-corrected chi connectivity index (χ2v) is 7.88. The van der Waals surface area contributed by atoms with Crippen LogP contribution in [-0.2, 0) is 38.1 Å². The van der Waals surface area contributed by atoms with Crippen LogP contribution in [0.25, 0.3) is 0 Å². The van der Waals surface area contributed by atoms with Crippen molar-refractivity contribution < 1.29 is 38.1 Å². The molecule has 0 rings (SSSR count). The van der Waals surface area contributed by atoms with Crippen molar-refractivity contribution in [2.24, 2.45) is 23.7 Å². The maximum Gasteiger partial charge on any atom is 0.309 e. The summed E-state index contributed by atoms with van der Waals surface area (Å²) >= 11 is 0. The molecule has 0 aromatic heterocycles. The molecule has 198 valence electrons. The Kier molecular flexibility index (Phi) is 24.9. The molecule has 0 heterocycles. The van der Waals surface area contributed by atoms with E-state index in [1.165, 1.54) is 0 Å². The number of esters is 4. The van der Waals surface area contributed by atoms with Gasteiger partial charge in [-0.05, 0) is 46.5 Å². The molecule has 34 heavy (non-hydrogen) atoms. The van der Waals surface area contributed by atoms with Crippen LogP contribution in [0.3, 0.4) is 0 Å². The number of ether oxygens (including phenoxy) is 4. The fraction of sp³-hybridized carbons (Fsp3) is 0.800. The third kappa shape index (κ3) is 22.6. The molecule has 0 amide bonds. The Morgan fingerprint density at radius 1 is 0.647 bits per heavy atom. The molecule has 0 bridgehead atoms. The van der Waals surface area contributed by atoms with E-state index in [9.17, 15) is 19.2 Å². The van der Waals surface area contributed by atoms with Gasteiger partial charge in [0.15, 0.2) is 0 Å². The fourth-order valence-electron chi connectivity index (χ4n) is 2.06. The fourth-order valence-corrected chi connectivity index (χ4v) is 2.06. The van der Waals surface area contributed by atoms with Crippen molar-refractivity contribution in [3.8, 4) is 6.07 Å². The summed E-state index contributed by atoms with van der Waals surface area (Å²) in [6.07, 6.45) is 0.309. The molecule has 2 atom stereocenters. The summed E-state index contributed by atoms with van der Waals surface area (Å²) in [5.41, 5.74) is 0. The molecule has 2 unspecified atom stereocenters. The zero-order valence-electron chi connectivity index (χ0n) is 22.5. The number of hydrogen-bond donors (Lipinski definition) is 0. The van der Waals surface area contributed by atoms with Crippen LogP contribution < -0.4 is 0 Å². The predicted octanol–water partition coefficient (Wildman–Crippen LogP) is 4.47. The Morgan fingerprint density at radius 3 is 1.29 bits per heavy atom. The molecule has 9 heteroatoms. The smallest absolute Gasteiger partial charge is 0.309 e. The first-order valence-electron chi connectivity index (χ1n) is 11.9. The van der Waals surface area contributed by atoms with E-state index in [1.807, 2.05) is 34.6 Å². The van der Waals surface area contributed by atoms with Crippen molar-refractivity contribution in [1.29, 1.82) is 5.26 Å². The van der Waals surface area contributed by atoms with Crippen molar-refractivity contribution in [3.05, 3.63) is 0 Å². The van der Waals surface area contributed by atoms with Gasteiger partial charge in [-0.25, -0.2) is 0 Å². The van der Waals surface area contributed by atoms with Gasteiger partial charge in [0.25, 0.3) is 0 Å². The van der Waals surface area contributed by atoms with Gasteiger partial charge in [-0.15, -0.1) is 0 Å². The van der Waals surface area contributed by atoms with E-state index in [2.05, 4.69) is 15.5 Å². The van der Waals surface area contributed by atoms with Gasteiger partial charge in [0, 0.05) is 5.92 Å². The average Bonchev–Trinajstić information content (AvgIpc) is 2.77. The van der Waals surface area contributed by atoms with E-state index in [4.69, 9.17) is 14.7 Å². The zero-order chi connectivity index (χ0) is 27.1.